The fourth-order valence-corrected chi connectivity index (χ4v) is 3.77. The summed E-state index contributed by atoms with van der Waals surface area (Å²) < 4.78 is 45.4. The van der Waals surface area contributed by atoms with Gasteiger partial charge in [-0.1, -0.05) is 60.2 Å². The number of hydrogen-bond acceptors (Lipinski definition) is 5. The summed E-state index contributed by atoms with van der Waals surface area (Å²) in [6, 6.07) is 18.9. The molecule has 160 valence electrons. The van der Waals surface area contributed by atoms with E-state index >= 15 is 0 Å². The second kappa shape index (κ2) is 9.09. The van der Waals surface area contributed by atoms with Crippen LogP contribution in [0, 0.1) is 18.2 Å². The minimum atomic E-state index is -4.08. The van der Waals surface area contributed by atoms with Gasteiger partial charge in [-0.15, -0.1) is 0 Å². The van der Waals surface area contributed by atoms with Gasteiger partial charge in [0.1, 0.15) is 11.9 Å². The monoisotopic (exact) mass is 440 g/mol. The van der Waals surface area contributed by atoms with Gasteiger partial charge in [-0.25, -0.2) is 22.3 Å². The van der Waals surface area contributed by atoms with Crippen LogP contribution in [-0.2, 0) is 14.8 Å². The molecule has 6 nitrogen and oxygen atoms in total. The molecule has 31 heavy (non-hydrogen) atoms. The zero-order chi connectivity index (χ0) is 22.6. The van der Waals surface area contributed by atoms with Crippen LogP contribution in [0.25, 0.3) is 11.1 Å². The summed E-state index contributed by atoms with van der Waals surface area (Å²) in [5.74, 6) is -0.353. The maximum Gasteiger partial charge on any atom is 0.421 e. The Labute approximate surface area is 180 Å². The number of aryl methyl sites for hydroxylation is 1. The van der Waals surface area contributed by atoms with Crippen molar-refractivity contribution in [1.82, 2.24) is 4.72 Å². The van der Waals surface area contributed by atoms with E-state index in [0.29, 0.717) is 16.7 Å². The molecule has 3 rings (SSSR count). The third kappa shape index (κ3) is 5.35. The molecular formula is C23H21FN2O4S. The number of halogens is 1. The zero-order valence-corrected chi connectivity index (χ0v) is 17.7. The largest absolute Gasteiger partial charge is 0.439 e. The molecule has 2 N–H and O–H groups in total. The molecule has 0 radical (unpaired) electrons. The van der Waals surface area contributed by atoms with Gasteiger partial charge >= 0.3 is 6.09 Å². The highest BCUT2D eigenvalue weighted by molar-refractivity contribution is 7.90. The van der Waals surface area contributed by atoms with Crippen LogP contribution in [0.4, 0.5) is 9.18 Å². The molecule has 0 bridgehead atoms. The number of carbonyl (C=O) groups excluding carboxylic acids is 1. The second-order valence-electron chi connectivity index (χ2n) is 6.94. The average molecular weight is 440 g/mol. The summed E-state index contributed by atoms with van der Waals surface area (Å²) in [4.78, 5) is 12.0. The molecule has 0 fully saturated rings. The number of nitrogens with one attached hydrogen (secondary N) is 2. The fourth-order valence-electron chi connectivity index (χ4n) is 2.89. The van der Waals surface area contributed by atoms with Crippen molar-refractivity contribution < 1.29 is 22.3 Å². The van der Waals surface area contributed by atoms with Crippen molar-refractivity contribution in [3.8, 4) is 11.1 Å². The topological polar surface area (TPSA) is 96.3 Å². The summed E-state index contributed by atoms with van der Waals surface area (Å²) in [6.45, 7) is 3.28. The molecule has 0 aromatic heterocycles. The fraction of sp³-hybridized carbons (Fsp3) is 0.130. The van der Waals surface area contributed by atoms with Crippen molar-refractivity contribution in [3.63, 3.8) is 0 Å². The van der Waals surface area contributed by atoms with Crippen LogP contribution in [0.1, 0.15) is 18.1 Å². The number of benzene rings is 3. The van der Waals surface area contributed by atoms with Crippen molar-refractivity contribution in [2.24, 2.45) is 0 Å². The molecule has 3 aromatic carbocycles. The number of sulfonamides is 1. The van der Waals surface area contributed by atoms with Crippen LogP contribution in [0.5, 0.6) is 0 Å². The lowest BCUT2D eigenvalue weighted by Gasteiger charge is -2.16. The second-order valence-corrected chi connectivity index (χ2v) is 8.62. The summed E-state index contributed by atoms with van der Waals surface area (Å²) in [7, 11) is -4.08. The van der Waals surface area contributed by atoms with Gasteiger partial charge in [0.15, 0.2) is 0 Å². The van der Waals surface area contributed by atoms with Crippen LogP contribution in [0.2, 0.25) is 0 Å². The summed E-state index contributed by atoms with van der Waals surface area (Å²) >= 11 is 0. The lowest BCUT2D eigenvalue weighted by atomic mass is 10.0. The first-order chi connectivity index (χ1) is 14.7. The molecule has 0 aliphatic heterocycles. The van der Waals surface area contributed by atoms with Gasteiger partial charge in [-0.3, -0.25) is 0 Å². The number of rotatable bonds is 6. The highest BCUT2D eigenvalue weighted by Gasteiger charge is 2.22. The highest BCUT2D eigenvalue weighted by atomic mass is 32.2. The molecule has 0 spiro atoms. The molecule has 1 unspecified atom stereocenters. The highest BCUT2D eigenvalue weighted by Crippen LogP contribution is 2.23. The molecule has 1 atom stereocenters. The van der Waals surface area contributed by atoms with Crippen LogP contribution < -0.4 is 4.72 Å². The van der Waals surface area contributed by atoms with Crippen molar-refractivity contribution in [1.29, 1.82) is 5.41 Å². The van der Waals surface area contributed by atoms with Crippen LogP contribution >= 0.6 is 0 Å². The first-order valence-corrected chi connectivity index (χ1v) is 10.9. The van der Waals surface area contributed by atoms with E-state index in [9.17, 15) is 17.6 Å². The molecule has 0 heterocycles. The standard InChI is InChI=1S/C23H21FN2O4S/c1-15-7-13-19(14-8-15)31(28,29)26-23(27)30-16(2)22(25)18-11-9-17(10-12-18)20-5-3-4-6-21(20)24/h3-14,16,25H,1-2H3,(H,26,27). The quantitative estimate of drug-likeness (QED) is 0.544. The molecule has 8 heteroatoms. The van der Waals surface area contributed by atoms with E-state index in [4.69, 9.17) is 10.1 Å². The van der Waals surface area contributed by atoms with Gasteiger partial charge < -0.3 is 10.1 Å². The maximum absolute atomic E-state index is 13.9. The van der Waals surface area contributed by atoms with Crippen LogP contribution in [-0.4, -0.2) is 26.3 Å². The minimum Gasteiger partial charge on any atom is -0.439 e. The Kier molecular flexibility index (Phi) is 6.50. The van der Waals surface area contributed by atoms with E-state index in [1.54, 1.807) is 54.6 Å². The summed E-state index contributed by atoms with van der Waals surface area (Å²) in [5, 5.41) is 8.24. The number of carbonyl (C=O) groups is 1. The van der Waals surface area contributed by atoms with Crippen LogP contribution in [0.3, 0.4) is 0 Å². The van der Waals surface area contributed by atoms with Gasteiger partial charge in [0.25, 0.3) is 10.0 Å². The first-order valence-electron chi connectivity index (χ1n) is 9.41. The smallest absolute Gasteiger partial charge is 0.421 e. The lowest BCUT2D eigenvalue weighted by Crippen LogP contribution is -2.35. The number of amides is 1. The van der Waals surface area contributed by atoms with Crippen molar-refractivity contribution in [2.45, 2.75) is 24.8 Å². The molecule has 1 amide bonds. The molecule has 0 saturated heterocycles. The van der Waals surface area contributed by atoms with Crippen LogP contribution in [0.15, 0.2) is 77.7 Å². The Morgan fingerprint density at radius 1 is 1.00 bits per heavy atom. The van der Waals surface area contributed by atoms with E-state index < -0.39 is 22.2 Å². The Morgan fingerprint density at radius 2 is 1.61 bits per heavy atom. The normalized spacial score (nSPS) is 12.1. The van der Waals surface area contributed by atoms with E-state index in [1.165, 1.54) is 25.1 Å². The predicted octanol–water partition coefficient (Wildman–Crippen LogP) is 4.67. The predicted molar refractivity (Wildman–Crippen MR) is 116 cm³/mol. The number of ether oxygens (including phenoxy) is 1. The first kappa shape index (κ1) is 22.2. The molecule has 3 aromatic rings. The van der Waals surface area contributed by atoms with Gasteiger partial charge in [0.05, 0.1) is 10.6 Å². The average Bonchev–Trinajstić information content (AvgIpc) is 2.73. The molecule has 0 saturated carbocycles. The van der Waals surface area contributed by atoms with Crippen molar-refractivity contribution >= 4 is 21.8 Å². The lowest BCUT2D eigenvalue weighted by molar-refractivity contribution is 0.140. The van der Waals surface area contributed by atoms with E-state index in [-0.39, 0.29) is 16.4 Å². The van der Waals surface area contributed by atoms with Gasteiger partial charge in [-0.05, 0) is 43.2 Å². The third-order valence-electron chi connectivity index (χ3n) is 4.62. The van der Waals surface area contributed by atoms with Gasteiger partial charge in [0, 0.05) is 5.56 Å². The van der Waals surface area contributed by atoms with Gasteiger partial charge in [0.2, 0.25) is 0 Å². The molecular weight excluding hydrogens is 419 g/mol. The zero-order valence-electron chi connectivity index (χ0n) is 16.9. The Hall–Kier alpha value is -3.52. The molecule has 0 aliphatic rings. The summed E-state index contributed by atoms with van der Waals surface area (Å²) in [5.41, 5.74) is 2.39. The Bertz CT molecular complexity index is 1210. The third-order valence-corrected chi connectivity index (χ3v) is 5.95. The molecule has 0 aliphatic carbocycles. The summed E-state index contributed by atoms with van der Waals surface area (Å²) in [6.07, 6.45) is -2.19. The van der Waals surface area contributed by atoms with E-state index in [0.717, 1.165) is 5.56 Å². The maximum atomic E-state index is 13.9. The van der Waals surface area contributed by atoms with Crippen molar-refractivity contribution in [3.05, 3.63) is 89.7 Å². The minimum absolute atomic E-state index is 0.0250. The SMILES string of the molecule is Cc1ccc(S(=O)(=O)NC(=O)OC(C)C(=N)c2ccc(-c3ccccc3F)cc2)cc1. The van der Waals surface area contributed by atoms with E-state index in [2.05, 4.69) is 0 Å². The van der Waals surface area contributed by atoms with Crippen molar-refractivity contribution in [2.75, 3.05) is 0 Å². The Morgan fingerprint density at radius 3 is 2.23 bits per heavy atom. The van der Waals surface area contributed by atoms with E-state index in [1.807, 2.05) is 11.6 Å². The van der Waals surface area contributed by atoms with Gasteiger partial charge in [-0.2, -0.15) is 0 Å². The number of hydrogen-bond donors (Lipinski definition) is 2. The Balaban J connectivity index is 1.65.